The molecule has 1 heterocycles. The topological polar surface area (TPSA) is 39.2 Å². The molecule has 1 aromatic carbocycles. The van der Waals surface area contributed by atoms with Crippen LogP contribution in [0.25, 0.3) is 0 Å². The Morgan fingerprint density at radius 1 is 1.20 bits per heavy atom. The van der Waals surface area contributed by atoms with Gasteiger partial charge < -0.3 is 4.74 Å². The number of ether oxygens (including phenoxy) is 1. The average molecular weight is 267 g/mol. The molecule has 2 aromatic rings. The Hall–Kier alpha value is -2.42. The molecule has 3 heteroatoms. The van der Waals surface area contributed by atoms with Crippen LogP contribution < -0.4 is 0 Å². The average Bonchev–Trinajstić information content (AvgIpc) is 2.53. The molecule has 2 rings (SSSR count). The van der Waals surface area contributed by atoms with E-state index >= 15 is 0 Å². The van der Waals surface area contributed by atoms with E-state index in [1.54, 1.807) is 6.20 Å². The number of hydrogen-bond acceptors (Lipinski definition) is 3. The van der Waals surface area contributed by atoms with Crippen LogP contribution in [0.4, 0.5) is 0 Å². The maximum absolute atomic E-state index is 11.8. The number of carbonyl (C=O) groups excluding carboxylic acids is 1. The molecule has 1 unspecified atom stereocenters. The Kier molecular flexibility index (Phi) is 4.66. The maximum Gasteiger partial charge on any atom is 0.333 e. The highest BCUT2D eigenvalue weighted by Crippen LogP contribution is 2.27. The van der Waals surface area contributed by atoms with Gasteiger partial charge in [0, 0.05) is 29.8 Å². The summed E-state index contributed by atoms with van der Waals surface area (Å²) in [5.41, 5.74) is 2.41. The first kappa shape index (κ1) is 14.0. The molecule has 0 saturated carbocycles. The zero-order valence-corrected chi connectivity index (χ0v) is 11.5. The summed E-state index contributed by atoms with van der Waals surface area (Å²) in [6.45, 7) is 3.90. The van der Waals surface area contributed by atoms with Gasteiger partial charge >= 0.3 is 5.97 Å². The Morgan fingerprint density at radius 3 is 2.50 bits per heavy atom. The molecular formula is C17H17NO2. The molecule has 0 fully saturated rings. The van der Waals surface area contributed by atoms with Crippen LogP contribution in [0.5, 0.6) is 0 Å². The van der Waals surface area contributed by atoms with Crippen molar-refractivity contribution in [3.8, 4) is 0 Å². The summed E-state index contributed by atoms with van der Waals surface area (Å²) in [5.74, 6) is -0.506. The van der Waals surface area contributed by atoms with E-state index in [9.17, 15) is 4.79 Å². The zero-order chi connectivity index (χ0) is 14.4. The summed E-state index contributed by atoms with van der Waals surface area (Å²) in [6.07, 6.45) is 2.37. The summed E-state index contributed by atoms with van der Waals surface area (Å²) in [5, 5.41) is 0. The largest absolute Gasteiger partial charge is 0.466 e. The predicted molar refractivity (Wildman–Crippen MR) is 78.3 cm³/mol. The van der Waals surface area contributed by atoms with E-state index in [4.69, 9.17) is 4.74 Å². The summed E-state index contributed by atoms with van der Waals surface area (Å²) in [7, 11) is 1.37. The van der Waals surface area contributed by atoms with Crippen LogP contribution in [0.1, 0.15) is 17.2 Å². The van der Waals surface area contributed by atoms with Crippen molar-refractivity contribution in [1.29, 1.82) is 0 Å². The van der Waals surface area contributed by atoms with E-state index in [1.807, 2.05) is 48.5 Å². The zero-order valence-electron chi connectivity index (χ0n) is 11.5. The van der Waals surface area contributed by atoms with Crippen molar-refractivity contribution in [2.75, 3.05) is 7.11 Å². The lowest BCUT2D eigenvalue weighted by molar-refractivity contribution is -0.136. The van der Waals surface area contributed by atoms with Crippen molar-refractivity contribution in [2.24, 2.45) is 0 Å². The number of rotatable bonds is 5. The third-order valence-corrected chi connectivity index (χ3v) is 3.21. The summed E-state index contributed by atoms with van der Waals surface area (Å²) in [6, 6.07) is 15.6. The highest BCUT2D eigenvalue weighted by atomic mass is 16.5. The van der Waals surface area contributed by atoms with E-state index < -0.39 is 0 Å². The number of benzene rings is 1. The van der Waals surface area contributed by atoms with Gasteiger partial charge in [-0.2, -0.15) is 0 Å². The molecule has 102 valence electrons. The highest BCUT2D eigenvalue weighted by molar-refractivity contribution is 5.89. The fourth-order valence-corrected chi connectivity index (χ4v) is 2.13. The summed E-state index contributed by atoms with van der Waals surface area (Å²) in [4.78, 5) is 16.1. The Labute approximate surface area is 118 Å². The molecule has 0 aliphatic carbocycles. The van der Waals surface area contributed by atoms with Crippen molar-refractivity contribution >= 4 is 5.97 Å². The third-order valence-electron chi connectivity index (χ3n) is 3.21. The van der Waals surface area contributed by atoms with Gasteiger partial charge in [0.15, 0.2) is 0 Å². The fraction of sp³-hybridized carbons (Fsp3) is 0.176. The van der Waals surface area contributed by atoms with Gasteiger partial charge in [-0.25, -0.2) is 4.79 Å². The van der Waals surface area contributed by atoms with Gasteiger partial charge in [-0.3, -0.25) is 4.98 Å². The normalized spacial score (nSPS) is 11.7. The van der Waals surface area contributed by atoms with Crippen LogP contribution in [-0.2, 0) is 16.0 Å². The minimum Gasteiger partial charge on any atom is -0.466 e. The van der Waals surface area contributed by atoms with Crippen molar-refractivity contribution < 1.29 is 9.53 Å². The molecule has 20 heavy (non-hydrogen) atoms. The maximum atomic E-state index is 11.8. The molecular weight excluding hydrogens is 250 g/mol. The lowest BCUT2D eigenvalue weighted by atomic mass is 9.88. The van der Waals surface area contributed by atoms with E-state index in [0.29, 0.717) is 12.0 Å². The monoisotopic (exact) mass is 267 g/mol. The van der Waals surface area contributed by atoms with Crippen LogP contribution in [0.15, 0.2) is 66.9 Å². The van der Waals surface area contributed by atoms with Crippen LogP contribution in [-0.4, -0.2) is 18.1 Å². The standard InChI is InChI=1S/C17H17NO2/c1-13(17(19)20-2)16(14-8-4-3-5-9-14)12-15-10-6-7-11-18-15/h3-11,16H,1,12H2,2H3. The molecule has 0 radical (unpaired) electrons. The Balaban J connectivity index is 2.30. The van der Waals surface area contributed by atoms with Gasteiger partial charge in [-0.1, -0.05) is 43.0 Å². The molecule has 0 aliphatic heterocycles. The summed E-state index contributed by atoms with van der Waals surface area (Å²) < 4.78 is 4.79. The number of esters is 1. The minimum absolute atomic E-state index is 0.126. The minimum atomic E-state index is -0.380. The van der Waals surface area contributed by atoms with Gasteiger partial charge in [-0.05, 0) is 17.7 Å². The second-order valence-electron chi connectivity index (χ2n) is 4.51. The van der Waals surface area contributed by atoms with E-state index in [0.717, 1.165) is 11.3 Å². The molecule has 0 N–H and O–H groups in total. The quantitative estimate of drug-likeness (QED) is 0.617. The summed E-state index contributed by atoms with van der Waals surface area (Å²) >= 11 is 0. The van der Waals surface area contributed by atoms with Crippen molar-refractivity contribution in [3.63, 3.8) is 0 Å². The lowest BCUT2D eigenvalue weighted by Crippen LogP contribution is -2.15. The lowest BCUT2D eigenvalue weighted by Gasteiger charge is -2.18. The van der Waals surface area contributed by atoms with Crippen molar-refractivity contribution in [2.45, 2.75) is 12.3 Å². The van der Waals surface area contributed by atoms with Gasteiger partial charge in [-0.15, -0.1) is 0 Å². The number of carbonyl (C=O) groups is 1. The van der Waals surface area contributed by atoms with Gasteiger partial charge in [0.1, 0.15) is 0 Å². The second-order valence-corrected chi connectivity index (χ2v) is 4.51. The number of methoxy groups -OCH3 is 1. The molecule has 3 nitrogen and oxygen atoms in total. The second kappa shape index (κ2) is 6.66. The van der Waals surface area contributed by atoms with Crippen LogP contribution in [0.3, 0.4) is 0 Å². The van der Waals surface area contributed by atoms with E-state index in [-0.39, 0.29) is 11.9 Å². The molecule has 1 atom stereocenters. The van der Waals surface area contributed by atoms with E-state index in [2.05, 4.69) is 11.6 Å². The fourth-order valence-electron chi connectivity index (χ4n) is 2.13. The molecule has 0 bridgehead atoms. The molecule has 0 aliphatic rings. The molecule has 0 spiro atoms. The molecule has 0 saturated heterocycles. The van der Waals surface area contributed by atoms with Crippen LogP contribution in [0.2, 0.25) is 0 Å². The van der Waals surface area contributed by atoms with Crippen LogP contribution >= 0.6 is 0 Å². The first-order chi connectivity index (χ1) is 9.72. The van der Waals surface area contributed by atoms with Gasteiger partial charge in [0.2, 0.25) is 0 Å². The SMILES string of the molecule is C=C(C(=O)OC)C(Cc1ccccn1)c1ccccc1. The van der Waals surface area contributed by atoms with Crippen molar-refractivity contribution in [3.05, 3.63) is 78.1 Å². The first-order valence-corrected chi connectivity index (χ1v) is 6.44. The van der Waals surface area contributed by atoms with Crippen LogP contribution in [0, 0.1) is 0 Å². The number of aromatic nitrogens is 1. The molecule has 0 amide bonds. The Bertz CT molecular complexity index is 578. The van der Waals surface area contributed by atoms with Gasteiger partial charge in [0.05, 0.1) is 7.11 Å². The predicted octanol–water partition coefficient (Wildman–Crippen LogP) is 3.14. The Morgan fingerprint density at radius 2 is 1.90 bits per heavy atom. The first-order valence-electron chi connectivity index (χ1n) is 6.44. The number of pyridine rings is 1. The molecule has 1 aromatic heterocycles. The number of nitrogens with zero attached hydrogens (tertiary/aromatic N) is 1. The number of hydrogen-bond donors (Lipinski definition) is 0. The highest BCUT2D eigenvalue weighted by Gasteiger charge is 2.22. The smallest absolute Gasteiger partial charge is 0.333 e. The third kappa shape index (κ3) is 3.32. The van der Waals surface area contributed by atoms with Crippen molar-refractivity contribution in [1.82, 2.24) is 4.98 Å². The van der Waals surface area contributed by atoms with E-state index in [1.165, 1.54) is 7.11 Å². The van der Waals surface area contributed by atoms with Gasteiger partial charge in [0.25, 0.3) is 0 Å².